The Kier molecular flexibility index (Phi) is 3.97. The molecule has 2 fully saturated rings. The number of likely N-dealkylation sites (N-methyl/N-ethyl adjacent to an activating group) is 1. The van der Waals surface area contributed by atoms with Crippen molar-refractivity contribution >= 4 is 5.97 Å². The Balaban J connectivity index is 2.08. The van der Waals surface area contributed by atoms with Crippen LogP contribution in [0, 0.1) is 17.8 Å². The lowest BCUT2D eigenvalue weighted by Gasteiger charge is -2.34. The van der Waals surface area contributed by atoms with Gasteiger partial charge in [0, 0.05) is 19.6 Å². The van der Waals surface area contributed by atoms with Crippen molar-refractivity contribution in [2.24, 2.45) is 17.8 Å². The number of ether oxygens (including phenoxy) is 1. The minimum absolute atomic E-state index is 0.0975. The molecule has 3 atom stereocenters. The van der Waals surface area contributed by atoms with E-state index in [2.05, 4.69) is 24.1 Å². The minimum atomic E-state index is -0.488. The van der Waals surface area contributed by atoms with E-state index in [1.54, 1.807) is 0 Å². The molecule has 0 aromatic heterocycles. The van der Waals surface area contributed by atoms with Crippen LogP contribution in [0.25, 0.3) is 0 Å². The molecule has 0 bridgehead atoms. The Morgan fingerprint density at radius 1 is 1.33 bits per heavy atom. The summed E-state index contributed by atoms with van der Waals surface area (Å²) in [4.78, 5) is 14.6. The lowest BCUT2D eigenvalue weighted by molar-refractivity contribution is -0.150. The summed E-state index contributed by atoms with van der Waals surface area (Å²) >= 11 is 0. The van der Waals surface area contributed by atoms with Crippen molar-refractivity contribution in [3.63, 3.8) is 0 Å². The highest BCUT2D eigenvalue weighted by atomic mass is 16.5. The minimum Gasteiger partial charge on any atom is -0.468 e. The number of carbonyl (C=O) groups is 1. The van der Waals surface area contributed by atoms with E-state index < -0.39 is 5.54 Å². The van der Waals surface area contributed by atoms with Crippen molar-refractivity contribution in [3.05, 3.63) is 0 Å². The van der Waals surface area contributed by atoms with Crippen molar-refractivity contribution in [2.75, 3.05) is 33.8 Å². The first-order valence-electron chi connectivity index (χ1n) is 7.03. The summed E-state index contributed by atoms with van der Waals surface area (Å²) in [6.45, 7) is 7.56. The third-order valence-corrected chi connectivity index (χ3v) is 4.81. The molecule has 1 heterocycles. The summed E-state index contributed by atoms with van der Waals surface area (Å²) in [7, 11) is 3.38. The van der Waals surface area contributed by atoms with E-state index in [1.165, 1.54) is 7.11 Å². The van der Waals surface area contributed by atoms with E-state index in [1.807, 2.05) is 7.05 Å². The average molecular weight is 254 g/mol. The van der Waals surface area contributed by atoms with Crippen molar-refractivity contribution in [3.8, 4) is 0 Å². The van der Waals surface area contributed by atoms with Crippen LogP contribution in [0.5, 0.6) is 0 Å². The topological polar surface area (TPSA) is 41.6 Å². The Labute approximate surface area is 110 Å². The molecule has 3 unspecified atom stereocenters. The van der Waals surface area contributed by atoms with Crippen LogP contribution in [-0.2, 0) is 9.53 Å². The van der Waals surface area contributed by atoms with Gasteiger partial charge in [-0.25, -0.2) is 4.79 Å². The first-order chi connectivity index (χ1) is 8.53. The smallest absolute Gasteiger partial charge is 0.327 e. The van der Waals surface area contributed by atoms with Gasteiger partial charge in [-0.2, -0.15) is 0 Å². The van der Waals surface area contributed by atoms with Gasteiger partial charge in [-0.1, -0.05) is 13.8 Å². The molecule has 0 aromatic rings. The molecular weight excluding hydrogens is 228 g/mol. The molecule has 1 saturated carbocycles. The van der Waals surface area contributed by atoms with Crippen LogP contribution in [-0.4, -0.2) is 50.2 Å². The molecule has 0 aromatic carbocycles. The van der Waals surface area contributed by atoms with E-state index in [0.29, 0.717) is 5.92 Å². The van der Waals surface area contributed by atoms with Gasteiger partial charge in [0.1, 0.15) is 5.54 Å². The Morgan fingerprint density at radius 2 is 1.89 bits per heavy atom. The van der Waals surface area contributed by atoms with Crippen LogP contribution in [0.2, 0.25) is 0 Å². The number of hydrogen-bond acceptors (Lipinski definition) is 4. The first kappa shape index (κ1) is 13.8. The van der Waals surface area contributed by atoms with Crippen LogP contribution in [0.1, 0.15) is 26.7 Å². The van der Waals surface area contributed by atoms with Crippen molar-refractivity contribution in [1.82, 2.24) is 10.2 Å². The maximum absolute atomic E-state index is 12.2. The SMILES string of the molecule is CNC(CN1CC(C)C(C)C1)(C(=O)OC)C1CC1. The molecule has 1 aliphatic heterocycles. The maximum atomic E-state index is 12.2. The number of nitrogens with one attached hydrogen (secondary N) is 1. The van der Waals surface area contributed by atoms with E-state index in [-0.39, 0.29) is 5.97 Å². The largest absolute Gasteiger partial charge is 0.468 e. The second-order valence-electron chi connectivity index (χ2n) is 6.14. The molecule has 0 spiro atoms. The van der Waals surface area contributed by atoms with Crippen LogP contribution in [0.15, 0.2) is 0 Å². The lowest BCUT2D eigenvalue weighted by atomic mass is 9.92. The van der Waals surface area contributed by atoms with Gasteiger partial charge in [-0.15, -0.1) is 0 Å². The average Bonchev–Trinajstić information content (AvgIpc) is 3.14. The summed E-state index contributed by atoms with van der Waals surface area (Å²) in [5.74, 6) is 1.79. The monoisotopic (exact) mass is 254 g/mol. The van der Waals surface area contributed by atoms with Gasteiger partial charge in [-0.05, 0) is 37.6 Å². The van der Waals surface area contributed by atoms with Gasteiger partial charge < -0.3 is 15.0 Å². The third-order valence-electron chi connectivity index (χ3n) is 4.81. The summed E-state index contributed by atoms with van der Waals surface area (Å²) in [5, 5.41) is 3.27. The number of esters is 1. The van der Waals surface area contributed by atoms with Crippen molar-refractivity contribution in [2.45, 2.75) is 32.2 Å². The van der Waals surface area contributed by atoms with Crippen molar-refractivity contribution < 1.29 is 9.53 Å². The third kappa shape index (κ3) is 2.41. The quantitative estimate of drug-likeness (QED) is 0.746. The molecule has 18 heavy (non-hydrogen) atoms. The van der Waals surface area contributed by atoms with E-state index in [0.717, 1.165) is 44.3 Å². The van der Waals surface area contributed by atoms with E-state index >= 15 is 0 Å². The van der Waals surface area contributed by atoms with Crippen molar-refractivity contribution in [1.29, 1.82) is 0 Å². The summed E-state index contributed by atoms with van der Waals surface area (Å²) in [6, 6.07) is 0. The Bertz CT molecular complexity index is 307. The number of hydrogen-bond donors (Lipinski definition) is 1. The predicted molar refractivity (Wildman–Crippen MR) is 71.3 cm³/mol. The summed E-state index contributed by atoms with van der Waals surface area (Å²) in [6.07, 6.45) is 2.27. The highest BCUT2D eigenvalue weighted by molar-refractivity contribution is 5.82. The van der Waals surface area contributed by atoms with Gasteiger partial charge >= 0.3 is 5.97 Å². The number of carbonyl (C=O) groups excluding carboxylic acids is 1. The van der Waals surface area contributed by atoms with Crippen LogP contribution >= 0.6 is 0 Å². The molecule has 2 rings (SSSR count). The van der Waals surface area contributed by atoms with E-state index in [9.17, 15) is 4.79 Å². The number of nitrogens with zero attached hydrogens (tertiary/aromatic N) is 1. The summed E-state index contributed by atoms with van der Waals surface area (Å²) in [5.41, 5.74) is -0.488. The molecule has 1 N–H and O–H groups in total. The molecule has 0 amide bonds. The second-order valence-corrected chi connectivity index (χ2v) is 6.14. The molecule has 0 radical (unpaired) electrons. The predicted octanol–water partition coefficient (Wildman–Crippen LogP) is 1.12. The molecule has 1 saturated heterocycles. The number of methoxy groups -OCH3 is 1. The van der Waals surface area contributed by atoms with Gasteiger partial charge in [0.25, 0.3) is 0 Å². The van der Waals surface area contributed by atoms with Crippen LogP contribution < -0.4 is 5.32 Å². The fourth-order valence-corrected chi connectivity index (χ4v) is 3.23. The molecular formula is C14H26N2O2. The zero-order valence-corrected chi connectivity index (χ0v) is 12.0. The molecule has 1 aliphatic carbocycles. The molecule has 4 nitrogen and oxygen atoms in total. The van der Waals surface area contributed by atoms with Gasteiger partial charge in [0.05, 0.1) is 7.11 Å². The molecule has 4 heteroatoms. The van der Waals surface area contributed by atoms with Crippen LogP contribution in [0.4, 0.5) is 0 Å². The fraction of sp³-hybridized carbons (Fsp3) is 0.929. The first-order valence-corrected chi connectivity index (χ1v) is 7.03. The fourth-order valence-electron chi connectivity index (χ4n) is 3.23. The zero-order chi connectivity index (χ0) is 13.3. The standard InChI is InChI=1S/C14H26N2O2/c1-10-7-16(8-11(10)2)9-14(15-3,12-5-6-12)13(17)18-4/h10-12,15H,5-9H2,1-4H3. The molecule has 104 valence electrons. The van der Waals surface area contributed by atoms with Crippen LogP contribution in [0.3, 0.4) is 0 Å². The molecule has 2 aliphatic rings. The van der Waals surface area contributed by atoms with Gasteiger partial charge in [0.2, 0.25) is 0 Å². The number of rotatable bonds is 5. The normalized spacial score (nSPS) is 32.2. The number of likely N-dealkylation sites (tertiary alicyclic amines) is 1. The Morgan fingerprint density at radius 3 is 2.28 bits per heavy atom. The second kappa shape index (κ2) is 5.17. The Hall–Kier alpha value is -0.610. The zero-order valence-electron chi connectivity index (χ0n) is 12.0. The summed E-state index contributed by atoms with van der Waals surface area (Å²) < 4.78 is 5.04. The lowest BCUT2D eigenvalue weighted by Crippen LogP contribution is -2.59. The van der Waals surface area contributed by atoms with Gasteiger partial charge in [-0.3, -0.25) is 0 Å². The van der Waals surface area contributed by atoms with Gasteiger partial charge in [0.15, 0.2) is 0 Å². The maximum Gasteiger partial charge on any atom is 0.327 e. The highest BCUT2D eigenvalue weighted by Crippen LogP contribution is 2.41. The highest BCUT2D eigenvalue weighted by Gasteiger charge is 2.52. The van der Waals surface area contributed by atoms with E-state index in [4.69, 9.17) is 4.74 Å².